The van der Waals surface area contributed by atoms with Gasteiger partial charge in [0, 0.05) is 43.5 Å². The van der Waals surface area contributed by atoms with Crippen molar-refractivity contribution in [2.24, 2.45) is 7.05 Å². The molecule has 0 fully saturated rings. The number of esters is 1. The molecule has 0 saturated heterocycles. The lowest BCUT2D eigenvalue weighted by Gasteiger charge is -2.21. The number of aromatic nitrogens is 3. The number of anilines is 2. The van der Waals surface area contributed by atoms with E-state index in [0.717, 1.165) is 17.0 Å². The van der Waals surface area contributed by atoms with Gasteiger partial charge in [-0.2, -0.15) is 0 Å². The van der Waals surface area contributed by atoms with E-state index in [-0.39, 0.29) is 43.2 Å². The number of pyridine rings is 1. The Morgan fingerprint density at radius 2 is 1.80 bits per heavy atom. The zero-order valence-corrected chi connectivity index (χ0v) is 22.6. The fourth-order valence-corrected chi connectivity index (χ4v) is 4.15. The molecule has 0 bridgehead atoms. The second-order valence-corrected chi connectivity index (χ2v) is 8.98. The Kier molecular flexibility index (Phi) is 8.85. The van der Waals surface area contributed by atoms with Crippen LogP contribution in [0.15, 0.2) is 66.9 Å². The van der Waals surface area contributed by atoms with Gasteiger partial charge >= 0.3 is 5.97 Å². The molecule has 0 atom stereocenters. The molecule has 2 aromatic carbocycles. The molecule has 11 heteroatoms. The van der Waals surface area contributed by atoms with E-state index in [4.69, 9.17) is 15.1 Å². The maximum atomic E-state index is 13.5. The number of imidazole rings is 1. The summed E-state index contributed by atoms with van der Waals surface area (Å²) in [6.07, 6.45) is 1.65. The normalized spacial score (nSPS) is 10.7. The molecule has 0 unspecified atom stereocenters. The van der Waals surface area contributed by atoms with E-state index in [1.807, 2.05) is 29.8 Å². The molecular formula is C29H31N7O4. The Bertz CT molecular complexity index is 1530. The number of hydrogen-bond acceptors (Lipinski definition) is 8. The van der Waals surface area contributed by atoms with Crippen molar-refractivity contribution in [1.29, 1.82) is 5.41 Å². The van der Waals surface area contributed by atoms with Crippen molar-refractivity contribution < 1.29 is 19.1 Å². The van der Waals surface area contributed by atoms with Crippen LogP contribution in [-0.2, 0) is 27.9 Å². The van der Waals surface area contributed by atoms with Gasteiger partial charge in [-0.25, -0.2) is 9.97 Å². The van der Waals surface area contributed by atoms with E-state index in [9.17, 15) is 14.4 Å². The number of fused-ring (bicyclic) bond motifs is 1. The third-order valence-corrected chi connectivity index (χ3v) is 6.16. The minimum absolute atomic E-state index is 0.0438. The number of hydrogen-bond donors (Lipinski definition) is 3. The maximum absolute atomic E-state index is 13.5. The van der Waals surface area contributed by atoms with Gasteiger partial charge in [0.25, 0.3) is 5.91 Å². The van der Waals surface area contributed by atoms with Crippen molar-refractivity contribution in [1.82, 2.24) is 19.9 Å². The summed E-state index contributed by atoms with van der Waals surface area (Å²) < 4.78 is 6.98. The summed E-state index contributed by atoms with van der Waals surface area (Å²) in [4.78, 5) is 47.2. The van der Waals surface area contributed by atoms with Crippen LogP contribution in [0.1, 0.15) is 42.0 Å². The van der Waals surface area contributed by atoms with Crippen LogP contribution < -0.4 is 15.5 Å². The van der Waals surface area contributed by atoms with E-state index >= 15 is 0 Å². The number of amides is 2. The van der Waals surface area contributed by atoms with E-state index in [1.54, 1.807) is 55.6 Å². The highest BCUT2D eigenvalue weighted by Gasteiger charge is 2.21. The molecule has 4 aromatic rings. The summed E-state index contributed by atoms with van der Waals surface area (Å²) >= 11 is 0. The molecule has 2 heterocycles. The lowest BCUT2D eigenvalue weighted by atomic mass is 10.1. The Morgan fingerprint density at radius 1 is 1.05 bits per heavy atom. The standard InChI is InChI=1S/C29H31N7O4/c1-4-40-27(38)14-16-36(25-7-5-6-15-31-25)29(39)21-10-13-24-23(17-21)34-26(35(24)3)18-32-22-11-8-20(9-12-22)28(30)33-19(2)37/h5-13,15,17,32H,4,14,16,18H2,1-3H3,(H2,30,33,37). The maximum Gasteiger partial charge on any atom is 0.307 e. The smallest absolute Gasteiger partial charge is 0.307 e. The summed E-state index contributed by atoms with van der Waals surface area (Å²) in [5.74, 6) is 0.288. The molecular weight excluding hydrogens is 510 g/mol. The second kappa shape index (κ2) is 12.7. The van der Waals surface area contributed by atoms with Crippen LogP contribution in [0.5, 0.6) is 0 Å². The summed E-state index contributed by atoms with van der Waals surface area (Å²) in [6, 6.07) is 17.8. The van der Waals surface area contributed by atoms with Crippen LogP contribution in [0.3, 0.4) is 0 Å². The van der Waals surface area contributed by atoms with E-state index < -0.39 is 0 Å². The van der Waals surface area contributed by atoms with Gasteiger partial charge in [-0.1, -0.05) is 6.07 Å². The fraction of sp³-hybridized carbons (Fsp3) is 0.241. The van der Waals surface area contributed by atoms with E-state index in [0.29, 0.717) is 29.0 Å². The average molecular weight is 542 g/mol. The highest BCUT2D eigenvalue weighted by Crippen LogP contribution is 2.21. The zero-order chi connectivity index (χ0) is 28.6. The van der Waals surface area contributed by atoms with Gasteiger partial charge < -0.3 is 19.9 Å². The van der Waals surface area contributed by atoms with Crippen molar-refractivity contribution in [2.45, 2.75) is 26.8 Å². The van der Waals surface area contributed by atoms with Crippen molar-refractivity contribution in [2.75, 3.05) is 23.4 Å². The van der Waals surface area contributed by atoms with Gasteiger partial charge in [0.05, 0.1) is 30.6 Å². The number of ether oxygens (including phenoxy) is 1. The predicted octanol–water partition coefficient (Wildman–Crippen LogP) is 3.64. The average Bonchev–Trinajstić information content (AvgIpc) is 3.27. The lowest BCUT2D eigenvalue weighted by Crippen LogP contribution is -2.34. The van der Waals surface area contributed by atoms with Crippen LogP contribution in [0.4, 0.5) is 11.5 Å². The molecule has 0 radical (unpaired) electrons. The molecule has 0 saturated carbocycles. The number of rotatable bonds is 10. The number of carbonyl (C=O) groups excluding carboxylic acids is 3. The fourth-order valence-electron chi connectivity index (χ4n) is 4.15. The van der Waals surface area contributed by atoms with Crippen LogP contribution in [0.25, 0.3) is 11.0 Å². The monoisotopic (exact) mass is 541 g/mol. The van der Waals surface area contributed by atoms with Crippen LogP contribution >= 0.6 is 0 Å². The van der Waals surface area contributed by atoms with Gasteiger partial charge in [0.15, 0.2) is 0 Å². The molecule has 11 nitrogen and oxygen atoms in total. The Labute approximate surface area is 231 Å². The molecule has 0 aliphatic rings. The minimum atomic E-state index is -0.380. The molecule has 206 valence electrons. The van der Waals surface area contributed by atoms with Crippen molar-refractivity contribution in [3.8, 4) is 0 Å². The first-order valence-corrected chi connectivity index (χ1v) is 12.8. The molecule has 0 aliphatic carbocycles. The van der Waals surface area contributed by atoms with Gasteiger partial charge in [-0.15, -0.1) is 0 Å². The second-order valence-electron chi connectivity index (χ2n) is 8.98. The molecule has 2 aromatic heterocycles. The van der Waals surface area contributed by atoms with Gasteiger partial charge in [-0.3, -0.25) is 24.7 Å². The minimum Gasteiger partial charge on any atom is -0.466 e. The quantitative estimate of drug-likeness (QED) is 0.158. The summed E-state index contributed by atoms with van der Waals surface area (Å²) in [5, 5.41) is 13.7. The molecule has 3 N–H and O–H groups in total. The van der Waals surface area contributed by atoms with Gasteiger partial charge in [0.2, 0.25) is 5.91 Å². The SMILES string of the molecule is CCOC(=O)CCN(C(=O)c1ccc2c(c1)nc(CNc1ccc(C(=N)NC(C)=O)cc1)n2C)c1ccccn1. The molecule has 4 rings (SSSR count). The number of nitrogens with zero attached hydrogens (tertiary/aromatic N) is 4. The first-order valence-electron chi connectivity index (χ1n) is 12.8. The Morgan fingerprint density at radius 3 is 2.48 bits per heavy atom. The lowest BCUT2D eigenvalue weighted by molar-refractivity contribution is -0.142. The molecule has 2 amide bonds. The summed E-state index contributed by atoms with van der Waals surface area (Å²) in [5.41, 5.74) is 3.38. The van der Waals surface area contributed by atoms with E-state index in [2.05, 4.69) is 15.6 Å². The largest absolute Gasteiger partial charge is 0.466 e. The highest BCUT2D eigenvalue weighted by molar-refractivity contribution is 6.07. The van der Waals surface area contributed by atoms with Gasteiger partial charge in [-0.05, 0) is 61.5 Å². The van der Waals surface area contributed by atoms with Crippen LogP contribution in [0.2, 0.25) is 0 Å². The van der Waals surface area contributed by atoms with Crippen molar-refractivity contribution in [3.63, 3.8) is 0 Å². The van der Waals surface area contributed by atoms with E-state index in [1.165, 1.54) is 11.8 Å². The van der Waals surface area contributed by atoms with Crippen molar-refractivity contribution in [3.05, 3.63) is 83.8 Å². The number of carbonyl (C=O) groups is 3. The Hall–Kier alpha value is -5.06. The Balaban J connectivity index is 1.50. The number of aryl methyl sites for hydroxylation is 1. The van der Waals surface area contributed by atoms with Crippen LogP contribution in [0, 0.1) is 5.41 Å². The number of nitrogens with one attached hydrogen (secondary N) is 3. The first kappa shape index (κ1) is 28.0. The number of amidine groups is 1. The molecule has 0 aliphatic heterocycles. The van der Waals surface area contributed by atoms with Crippen molar-refractivity contribution >= 4 is 46.2 Å². The van der Waals surface area contributed by atoms with Gasteiger partial charge in [0.1, 0.15) is 17.5 Å². The predicted molar refractivity (Wildman–Crippen MR) is 152 cm³/mol. The molecule has 0 spiro atoms. The molecule has 40 heavy (non-hydrogen) atoms. The number of benzene rings is 2. The van der Waals surface area contributed by atoms with Crippen LogP contribution in [-0.4, -0.2) is 51.3 Å². The third-order valence-electron chi connectivity index (χ3n) is 6.16. The first-order chi connectivity index (χ1) is 19.3. The summed E-state index contributed by atoms with van der Waals surface area (Å²) in [6.45, 7) is 3.94. The highest BCUT2D eigenvalue weighted by atomic mass is 16.5. The summed E-state index contributed by atoms with van der Waals surface area (Å²) in [7, 11) is 1.91. The topological polar surface area (TPSA) is 142 Å². The zero-order valence-electron chi connectivity index (χ0n) is 22.6. The third kappa shape index (κ3) is 6.68.